The lowest BCUT2D eigenvalue weighted by Crippen LogP contribution is -2.37. The van der Waals surface area contributed by atoms with E-state index in [1.807, 2.05) is 0 Å². The second-order valence-electron chi connectivity index (χ2n) is 8.86. The highest BCUT2D eigenvalue weighted by molar-refractivity contribution is 7.92. The van der Waals surface area contributed by atoms with Crippen molar-refractivity contribution in [3.63, 3.8) is 0 Å². The van der Waals surface area contributed by atoms with E-state index in [-0.39, 0.29) is 35.0 Å². The molecule has 0 aliphatic heterocycles. The number of methoxy groups -OCH3 is 1. The molecule has 0 atom stereocenters. The van der Waals surface area contributed by atoms with Gasteiger partial charge in [0.2, 0.25) is 0 Å². The third kappa shape index (κ3) is 4.41. The summed E-state index contributed by atoms with van der Waals surface area (Å²) in [5.74, 6) is -0.985. The number of nitrogens with zero attached hydrogens (tertiary/aromatic N) is 2. The van der Waals surface area contributed by atoms with Gasteiger partial charge in [-0.2, -0.15) is 13.2 Å². The number of fused-ring (bicyclic) bond motifs is 1. The van der Waals surface area contributed by atoms with Crippen LogP contribution in [0.5, 0.6) is 0 Å². The number of rotatable bonds is 6. The molecule has 0 unspecified atom stereocenters. The molecule has 0 bridgehead atoms. The van der Waals surface area contributed by atoms with Crippen molar-refractivity contribution >= 4 is 32.4 Å². The Bertz CT molecular complexity index is 1530. The average Bonchev–Trinajstić information content (AvgIpc) is 3.29. The van der Waals surface area contributed by atoms with E-state index in [2.05, 4.69) is 14.4 Å². The fourth-order valence-corrected chi connectivity index (χ4v) is 5.78. The third-order valence-corrected chi connectivity index (χ3v) is 8.07. The van der Waals surface area contributed by atoms with Gasteiger partial charge in [-0.15, -0.1) is 0 Å². The lowest BCUT2D eigenvalue weighted by atomic mass is 9.69. The van der Waals surface area contributed by atoms with Gasteiger partial charge in [0, 0.05) is 17.5 Å². The molecule has 1 N–H and O–H groups in total. The standard InChI is InChI=1S/C24H22F3N3O5S/c1-34-21-13-14(16-10-17(11-16)24(25,26)27)2-5-20(21)30-19-6-4-18(12-15(19)3-7-23(30)31)36(32,33)29-22-8-9-35-28-22/h3-4,6-9,12-13,16-17H,2,5,10-11H2,1H3,(H,28,29)/t16-,17-. The maximum absolute atomic E-state index is 12.9. The van der Waals surface area contributed by atoms with Gasteiger partial charge in [0.1, 0.15) is 12.0 Å². The number of halogens is 3. The fraction of sp³-hybridized carbons (Fsp3) is 0.333. The van der Waals surface area contributed by atoms with Gasteiger partial charge in [0.15, 0.2) is 5.82 Å². The van der Waals surface area contributed by atoms with E-state index in [9.17, 15) is 26.4 Å². The van der Waals surface area contributed by atoms with Crippen LogP contribution >= 0.6 is 0 Å². The van der Waals surface area contributed by atoms with Crippen molar-refractivity contribution in [1.82, 2.24) is 9.72 Å². The van der Waals surface area contributed by atoms with E-state index in [1.54, 1.807) is 6.08 Å². The van der Waals surface area contributed by atoms with Crippen LogP contribution in [-0.4, -0.2) is 31.4 Å². The zero-order chi connectivity index (χ0) is 25.7. The second-order valence-corrected chi connectivity index (χ2v) is 10.5. The molecule has 1 aromatic carbocycles. The number of aromatic nitrogens is 2. The van der Waals surface area contributed by atoms with Crippen LogP contribution in [0.15, 0.2) is 74.3 Å². The quantitative estimate of drug-likeness (QED) is 0.494. The molecule has 0 saturated heterocycles. The topological polar surface area (TPSA) is 103 Å². The fourth-order valence-electron chi connectivity index (χ4n) is 4.75. The number of hydrogen-bond acceptors (Lipinski definition) is 6. The lowest BCUT2D eigenvalue weighted by Gasteiger charge is -2.39. The number of ether oxygens (including phenoxy) is 1. The highest BCUT2D eigenvalue weighted by Gasteiger charge is 2.48. The third-order valence-electron chi connectivity index (χ3n) is 6.72. The highest BCUT2D eigenvalue weighted by atomic mass is 32.2. The highest BCUT2D eigenvalue weighted by Crippen LogP contribution is 2.49. The summed E-state index contributed by atoms with van der Waals surface area (Å²) >= 11 is 0. The van der Waals surface area contributed by atoms with Gasteiger partial charge in [-0.1, -0.05) is 10.7 Å². The molecule has 8 nitrogen and oxygen atoms in total. The van der Waals surface area contributed by atoms with Crippen molar-refractivity contribution in [3.8, 4) is 0 Å². The number of sulfonamides is 1. The lowest BCUT2D eigenvalue weighted by molar-refractivity contribution is -0.201. The van der Waals surface area contributed by atoms with E-state index in [1.165, 1.54) is 54.3 Å². The minimum absolute atomic E-state index is 0.0285. The van der Waals surface area contributed by atoms with Crippen LogP contribution in [-0.2, 0) is 14.8 Å². The summed E-state index contributed by atoms with van der Waals surface area (Å²) in [6.07, 6.45) is -0.165. The molecule has 1 saturated carbocycles. The van der Waals surface area contributed by atoms with E-state index in [0.29, 0.717) is 35.2 Å². The molecule has 36 heavy (non-hydrogen) atoms. The van der Waals surface area contributed by atoms with Crippen molar-refractivity contribution in [2.45, 2.75) is 36.8 Å². The van der Waals surface area contributed by atoms with Crippen LogP contribution in [0.25, 0.3) is 16.6 Å². The van der Waals surface area contributed by atoms with Crippen LogP contribution in [0.2, 0.25) is 0 Å². The molecule has 2 heterocycles. The Labute approximate surface area is 204 Å². The largest absolute Gasteiger partial charge is 0.495 e. The number of allylic oxidation sites excluding steroid dienone is 3. The van der Waals surface area contributed by atoms with Crippen molar-refractivity contribution in [2.24, 2.45) is 11.8 Å². The molecule has 0 radical (unpaired) electrons. The minimum Gasteiger partial charge on any atom is -0.495 e. The summed E-state index contributed by atoms with van der Waals surface area (Å²) in [7, 11) is -2.50. The first-order valence-electron chi connectivity index (χ1n) is 11.2. The smallest absolute Gasteiger partial charge is 0.391 e. The number of nitrogens with one attached hydrogen (secondary N) is 1. The zero-order valence-corrected chi connectivity index (χ0v) is 19.9. The summed E-state index contributed by atoms with van der Waals surface area (Å²) in [5.41, 5.74) is 1.60. The summed E-state index contributed by atoms with van der Waals surface area (Å²) in [6, 6.07) is 8.59. The number of anilines is 1. The molecule has 0 amide bonds. The maximum atomic E-state index is 12.9. The number of alkyl halides is 3. The normalized spacial score (nSPS) is 20.7. The molecule has 1 fully saturated rings. The molecular weight excluding hydrogens is 499 g/mol. The molecular formula is C24H22F3N3O5S. The zero-order valence-electron chi connectivity index (χ0n) is 19.1. The van der Waals surface area contributed by atoms with Gasteiger partial charge >= 0.3 is 6.18 Å². The Hall–Kier alpha value is -3.54. The number of pyridine rings is 1. The predicted octanol–water partition coefficient (Wildman–Crippen LogP) is 4.91. The first-order valence-corrected chi connectivity index (χ1v) is 12.7. The van der Waals surface area contributed by atoms with E-state index < -0.39 is 22.1 Å². The Morgan fingerprint density at radius 1 is 1.14 bits per heavy atom. The Kier molecular flexibility index (Phi) is 5.93. The molecule has 2 aliphatic rings. The van der Waals surface area contributed by atoms with Gasteiger partial charge in [-0.05, 0) is 61.9 Å². The Morgan fingerprint density at radius 2 is 1.92 bits per heavy atom. The van der Waals surface area contributed by atoms with Crippen LogP contribution in [0.1, 0.15) is 25.7 Å². The minimum atomic E-state index is -4.18. The van der Waals surface area contributed by atoms with Crippen LogP contribution in [0.3, 0.4) is 0 Å². The molecule has 190 valence electrons. The number of hydrogen-bond donors (Lipinski definition) is 1. The molecule has 3 aromatic rings. The van der Waals surface area contributed by atoms with Gasteiger partial charge in [0.25, 0.3) is 15.6 Å². The Balaban J connectivity index is 1.50. The molecule has 0 spiro atoms. The maximum Gasteiger partial charge on any atom is 0.391 e. The van der Waals surface area contributed by atoms with Crippen molar-refractivity contribution in [3.05, 3.63) is 70.4 Å². The van der Waals surface area contributed by atoms with Gasteiger partial charge in [-0.25, -0.2) is 8.42 Å². The summed E-state index contributed by atoms with van der Waals surface area (Å²) < 4.78 is 78.2. The van der Waals surface area contributed by atoms with Crippen LogP contribution < -0.4 is 10.3 Å². The van der Waals surface area contributed by atoms with Gasteiger partial charge in [0.05, 0.1) is 29.1 Å². The first-order chi connectivity index (χ1) is 17.1. The van der Waals surface area contributed by atoms with Gasteiger partial charge < -0.3 is 9.26 Å². The van der Waals surface area contributed by atoms with E-state index >= 15 is 0 Å². The molecule has 5 rings (SSSR count). The predicted molar refractivity (Wildman–Crippen MR) is 125 cm³/mol. The monoisotopic (exact) mass is 521 g/mol. The van der Waals surface area contributed by atoms with Crippen LogP contribution in [0, 0.1) is 11.8 Å². The number of benzene rings is 1. The van der Waals surface area contributed by atoms with Crippen molar-refractivity contribution in [2.75, 3.05) is 11.8 Å². The first kappa shape index (κ1) is 24.2. The average molecular weight is 522 g/mol. The van der Waals surface area contributed by atoms with Crippen molar-refractivity contribution < 1.29 is 30.8 Å². The Morgan fingerprint density at radius 3 is 2.58 bits per heavy atom. The SMILES string of the molecule is COC1=C(n2c(=O)ccc3cc(S(=O)(=O)Nc4ccon4)ccc32)CCC([C@H]2C[C@H](C(F)(F)F)C2)=C1. The van der Waals surface area contributed by atoms with Gasteiger partial charge in [-0.3, -0.25) is 14.1 Å². The summed E-state index contributed by atoms with van der Waals surface area (Å²) in [5, 5.41) is 4.05. The van der Waals surface area contributed by atoms with E-state index in [4.69, 9.17) is 4.74 Å². The molecule has 12 heteroatoms. The molecule has 2 aliphatic carbocycles. The van der Waals surface area contributed by atoms with Crippen molar-refractivity contribution in [1.29, 1.82) is 0 Å². The molecule has 2 aromatic heterocycles. The van der Waals surface area contributed by atoms with E-state index in [0.717, 1.165) is 5.57 Å². The summed E-state index contributed by atoms with van der Waals surface area (Å²) in [6.45, 7) is 0. The van der Waals surface area contributed by atoms with Crippen LogP contribution in [0.4, 0.5) is 19.0 Å². The second kappa shape index (κ2) is 8.84. The summed E-state index contributed by atoms with van der Waals surface area (Å²) in [4.78, 5) is 12.9.